The van der Waals surface area contributed by atoms with Crippen molar-refractivity contribution in [3.63, 3.8) is 0 Å². The number of rotatable bonds is 8. The van der Waals surface area contributed by atoms with E-state index < -0.39 is 75.7 Å². The predicted molar refractivity (Wildman–Crippen MR) is 245 cm³/mol. The van der Waals surface area contributed by atoms with Crippen LogP contribution in [0.5, 0.6) is 0 Å². The number of carbonyl (C=O) groups is 6. The summed E-state index contributed by atoms with van der Waals surface area (Å²) in [6.07, 6.45) is 18.4. The Kier molecular flexibility index (Phi) is 10.6. The van der Waals surface area contributed by atoms with Crippen molar-refractivity contribution in [3.05, 3.63) is 95.3 Å². The van der Waals surface area contributed by atoms with Crippen LogP contribution in [0.1, 0.15) is 111 Å². The average molecular weight is 933 g/mol. The van der Waals surface area contributed by atoms with Crippen LogP contribution in [0.15, 0.2) is 89.8 Å². The number of Topliss-reactive ketones (excluding diaryl/α,β-unsaturated/α-hetero) is 2. The van der Waals surface area contributed by atoms with Crippen molar-refractivity contribution in [2.24, 2.45) is 57.2 Å². The van der Waals surface area contributed by atoms with Crippen molar-refractivity contribution >= 4 is 35.3 Å². The van der Waals surface area contributed by atoms with E-state index in [2.05, 4.69) is 26.0 Å². The van der Waals surface area contributed by atoms with Gasteiger partial charge in [0, 0.05) is 35.5 Å². The Labute approximate surface area is 397 Å². The summed E-state index contributed by atoms with van der Waals surface area (Å²) in [6, 6.07) is 8.92. The van der Waals surface area contributed by atoms with Gasteiger partial charge in [-0.25, -0.2) is 4.79 Å². The Bertz CT molecular complexity index is 2570. The van der Waals surface area contributed by atoms with Gasteiger partial charge < -0.3 is 33.9 Å². The summed E-state index contributed by atoms with van der Waals surface area (Å²) < 4.78 is 28.7. The first-order valence-corrected chi connectivity index (χ1v) is 24.4. The summed E-state index contributed by atoms with van der Waals surface area (Å²) >= 11 is 0. The van der Waals surface area contributed by atoms with E-state index in [1.807, 2.05) is 52.0 Å². The van der Waals surface area contributed by atoms with E-state index in [-0.39, 0.29) is 64.5 Å². The van der Waals surface area contributed by atoms with E-state index in [0.717, 1.165) is 36.8 Å². The molecule has 11 rings (SSSR count). The van der Waals surface area contributed by atoms with Crippen molar-refractivity contribution in [2.75, 3.05) is 13.2 Å². The first-order valence-electron chi connectivity index (χ1n) is 24.4. The molecule has 2 heterocycles. The summed E-state index contributed by atoms with van der Waals surface area (Å²) in [5.41, 5.74) is -3.29. The van der Waals surface area contributed by atoms with Crippen LogP contribution in [0.25, 0.3) is 0 Å². The maximum absolute atomic E-state index is 13.3. The molecule has 2 spiro atoms. The highest BCUT2D eigenvalue weighted by Gasteiger charge is 2.83. The van der Waals surface area contributed by atoms with E-state index in [1.165, 1.54) is 13.8 Å². The summed E-state index contributed by atoms with van der Waals surface area (Å²) in [5, 5.41) is 23.7. The van der Waals surface area contributed by atoms with Crippen molar-refractivity contribution < 1.29 is 62.7 Å². The van der Waals surface area contributed by atoms with Gasteiger partial charge in [0.2, 0.25) is 11.6 Å². The van der Waals surface area contributed by atoms with Crippen LogP contribution >= 0.6 is 0 Å². The van der Waals surface area contributed by atoms with Gasteiger partial charge in [-0.15, -0.1) is 0 Å². The fraction of sp³-hybridized carbons (Fsp3) is 0.600. The lowest BCUT2D eigenvalue weighted by molar-refractivity contribution is -0.170. The molecule has 16 atom stereocenters. The number of benzene rings is 1. The van der Waals surface area contributed by atoms with Crippen molar-refractivity contribution in [1.82, 2.24) is 0 Å². The van der Waals surface area contributed by atoms with Crippen molar-refractivity contribution in [1.29, 1.82) is 0 Å². The maximum atomic E-state index is 13.3. The summed E-state index contributed by atoms with van der Waals surface area (Å²) in [7, 11) is 0. The average Bonchev–Trinajstić information content (AvgIpc) is 4.19. The SMILES string of the molecule is CC(=O)OCC(=O)[C@@]1(O)[C@@H](C)CC2C3CC=C4C=C(OC(=O)c5ccccc5)C=C[C@]4(C)[C@@]34O[C@H]4C[C@@]21C.CC(=O)OCC(=O)[C@@]1(O)[C@@H](C)CC2C3CCC4=CC(=O)C=C[C@]4(C)[C@@]34O[C@H]4C[C@@]21C. The number of fused-ring (bicyclic) bond motifs is 6. The molecule has 8 aliphatic carbocycles. The van der Waals surface area contributed by atoms with Gasteiger partial charge in [0.05, 0.1) is 17.8 Å². The number of ether oxygens (including phenoxy) is 5. The second-order valence-corrected chi connectivity index (χ2v) is 22.6. The van der Waals surface area contributed by atoms with Crippen LogP contribution in [0.3, 0.4) is 0 Å². The Balaban J connectivity index is 0.000000163. The van der Waals surface area contributed by atoms with E-state index in [1.54, 1.807) is 36.4 Å². The maximum Gasteiger partial charge on any atom is 0.343 e. The summed E-state index contributed by atoms with van der Waals surface area (Å²) in [4.78, 5) is 73.6. The third-order valence-electron chi connectivity index (χ3n) is 19.7. The van der Waals surface area contributed by atoms with Gasteiger partial charge in [-0.3, -0.25) is 24.0 Å². The second-order valence-electron chi connectivity index (χ2n) is 22.6. The number of esters is 3. The molecule has 2 saturated heterocycles. The van der Waals surface area contributed by atoms with Gasteiger partial charge in [-0.05, 0) is 136 Å². The molecule has 4 unspecified atom stereocenters. The highest BCUT2D eigenvalue weighted by Crippen LogP contribution is 2.78. The third-order valence-corrected chi connectivity index (χ3v) is 19.7. The Morgan fingerprint density at radius 1 is 0.706 bits per heavy atom. The van der Waals surface area contributed by atoms with Gasteiger partial charge in [-0.1, -0.05) is 69.7 Å². The molecular weight excluding hydrogens is 869 g/mol. The Morgan fingerprint density at radius 3 is 1.79 bits per heavy atom. The fourth-order valence-corrected chi connectivity index (χ4v) is 16.3. The molecule has 5 saturated carbocycles. The van der Waals surface area contributed by atoms with Crippen molar-refractivity contribution in [3.8, 4) is 0 Å². The molecule has 13 heteroatoms. The first-order chi connectivity index (χ1) is 32.0. The van der Waals surface area contributed by atoms with Gasteiger partial charge in [-0.2, -0.15) is 0 Å². The number of allylic oxidation sites excluding steroid dienone is 5. The molecule has 1 aromatic carbocycles. The first kappa shape index (κ1) is 46.9. The Hall–Kier alpha value is -4.82. The van der Waals surface area contributed by atoms with Gasteiger partial charge in [0.25, 0.3) is 0 Å². The zero-order valence-corrected chi connectivity index (χ0v) is 40.3. The smallest absolute Gasteiger partial charge is 0.343 e. The fourth-order valence-electron chi connectivity index (χ4n) is 16.3. The zero-order valence-electron chi connectivity index (χ0n) is 40.3. The molecule has 2 N–H and O–H groups in total. The van der Waals surface area contributed by atoms with Crippen LogP contribution < -0.4 is 0 Å². The Morgan fingerprint density at radius 2 is 1.24 bits per heavy atom. The van der Waals surface area contributed by atoms with Gasteiger partial charge >= 0.3 is 17.9 Å². The van der Waals surface area contributed by atoms with Crippen LogP contribution in [0.2, 0.25) is 0 Å². The molecule has 2 aliphatic heterocycles. The number of epoxide rings is 2. The van der Waals surface area contributed by atoms with Crippen LogP contribution in [0.4, 0.5) is 0 Å². The number of carbonyl (C=O) groups excluding carboxylic acids is 6. The predicted octanol–water partition coefficient (Wildman–Crippen LogP) is 6.85. The monoisotopic (exact) mass is 932 g/mol. The molecule has 0 amide bonds. The highest BCUT2D eigenvalue weighted by molar-refractivity contribution is 6.01. The molecule has 0 bridgehead atoms. The van der Waals surface area contributed by atoms with Crippen LogP contribution in [-0.4, -0.2) is 93.3 Å². The number of aliphatic hydroxyl groups is 2. The van der Waals surface area contributed by atoms with E-state index in [9.17, 15) is 39.0 Å². The minimum Gasteiger partial charge on any atom is -0.458 e. The number of ketones is 3. The molecule has 10 aliphatic rings. The molecule has 0 aromatic heterocycles. The minimum absolute atomic E-state index is 0.0371. The zero-order chi connectivity index (χ0) is 48.8. The summed E-state index contributed by atoms with van der Waals surface area (Å²) in [5.74, 6) is -1.74. The molecule has 13 nitrogen and oxygen atoms in total. The third kappa shape index (κ3) is 6.06. The topological polar surface area (TPSA) is 196 Å². The van der Waals surface area contributed by atoms with Crippen LogP contribution in [-0.2, 0) is 47.7 Å². The van der Waals surface area contributed by atoms with E-state index in [4.69, 9.17) is 23.7 Å². The normalized spacial score (nSPS) is 45.7. The molecule has 0 radical (unpaired) electrons. The summed E-state index contributed by atoms with van der Waals surface area (Å²) in [6.45, 7) is 14.0. The largest absolute Gasteiger partial charge is 0.458 e. The minimum atomic E-state index is -1.59. The highest BCUT2D eigenvalue weighted by atomic mass is 16.6. The van der Waals surface area contributed by atoms with Crippen molar-refractivity contribution in [2.45, 2.75) is 135 Å². The quantitative estimate of drug-likeness (QED) is 0.156. The molecule has 7 fully saturated rings. The van der Waals surface area contributed by atoms with Gasteiger partial charge in [0.1, 0.15) is 28.2 Å². The lowest BCUT2D eigenvalue weighted by Gasteiger charge is -2.55. The molecular formula is C55H64O13. The van der Waals surface area contributed by atoms with Gasteiger partial charge in [0.15, 0.2) is 19.0 Å². The lowest BCUT2D eigenvalue weighted by atomic mass is 9.46. The standard InChI is InChI=1S/C31H34O7.C24H30O6/c1-18-14-24-23-11-10-21-15-22(37-27(34)20-8-6-5-7-9-20)12-13-28(21,3)31(23)26(38-31)16-29(24,4)30(18,35)25(33)17-36-19(2)32;1-13-9-18-17-6-5-15-10-16(26)7-8-21(15,3)24(17)20(30-24)11-22(18,4)23(13,28)19(27)12-29-14(2)25/h5-10,12-13,15,18,23-24,26,35H,11,14,16-17H2,1-4H3;7-8,10,13,17-18,20,28H,5-6,9,11-12H2,1-4H3/t18-,23?,24?,26-,28-,29-,30-,31+;13-,17?,18?,20-,21-,22-,23-,24+/m00/s1. The number of hydrogen-bond acceptors (Lipinski definition) is 13. The molecule has 362 valence electrons. The number of hydrogen-bond donors (Lipinski definition) is 2. The van der Waals surface area contributed by atoms with Crippen LogP contribution in [0, 0.1) is 57.2 Å². The molecule has 68 heavy (non-hydrogen) atoms. The van der Waals surface area contributed by atoms with E-state index in [0.29, 0.717) is 30.6 Å². The molecule has 1 aromatic rings. The van der Waals surface area contributed by atoms with E-state index >= 15 is 0 Å². The second kappa shape index (κ2) is 15.3. The lowest BCUT2D eigenvalue weighted by Crippen LogP contribution is -2.62.